The predicted octanol–water partition coefficient (Wildman–Crippen LogP) is -13.3. The highest BCUT2D eigenvalue weighted by atomic mass is 16.4. The molecule has 22 N–H and O–H groups in total. The molecule has 0 fully saturated rings. The van der Waals surface area contributed by atoms with E-state index in [0.717, 1.165) is 14.0 Å². The van der Waals surface area contributed by atoms with Crippen LogP contribution in [0, 0.1) is 0 Å². The number of nitrogens with one attached hydrogen (secondary N) is 7. The van der Waals surface area contributed by atoms with Crippen LogP contribution in [0.1, 0.15) is 32.6 Å². The first kappa shape index (κ1) is 60.2. The summed E-state index contributed by atoms with van der Waals surface area (Å²) in [5.74, 6) is -16.1. The Morgan fingerprint density at radius 2 is 0.758 bits per heavy atom. The van der Waals surface area contributed by atoms with Gasteiger partial charge in [0.25, 0.3) is 0 Å². The number of hydrogen-bond acceptors (Lipinski definition) is 22. The summed E-state index contributed by atoms with van der Waals surface area (Å²) in [5.41, 5.74) is 0. The van der Waals surface area contributed by atoms with Gasteiger partial charge in [0.05, 0.1) is 32.7 Å². The number of aliphatic hydroxyl groups is 12. The minimum Gasteiger partial charge on any atom is -0.481 e. The Labute approximate surface area is 371 Å². The summed E-state index contributed by atoms with van der Waals surface area (Å²) in [6, 6.07) is -14.2. The largest absolute Gasteiger partial charge is 0.481 e. The van der Waals surface area contributed by atoms with E-state index in [4.69, 9.17) is 5.11 Å². The molecule has 378 valence electrons. The van der Waals surface area contributed by atoms with Crippen LogP contribution >= 0.6 is 0 Å². The van der Waals surface area contributed by atoms with Gasteiger partial charge in [-0.15, -0.1) is 0 Å². The lowest BCUT2D eigenvalue weighted by Crippen LogP contribution is -2.66. The number of amides is 7. The summed E-state index contributed by atoms with van der Waals surface area (Å²) in [6.07, 6.45) is -26.6. The number of aliphatic hydroxyl groups excluding tert-OH is 12. The van der Waals surface area contributed by atoms with Crippen molar-refractivity contribution in [3.05, 3.63) is 0 Å². The van der Waals surface area contributed by atoms with Crippen molar-refractivity contribution in [2.45, 2.75) is 124 Å². The van der Waals surface area contributed by atoms with Gasteiger partial charge in [-0.3, -0.25) is 43.2 Å². The van der Waals surface area contributed by atoms with Gasteiger partial charge in [-0.1, -0.05) is 0 Å². The van der Waals surface area contributed by atoms with Gasteiger partial charge < -0.3 is 114 Å². The molecule has 32 nitrogen and oxygen atoms in total. The number of likely N-dealkylation sites (N-methyl/N-ethyl adjacent to an activating group) is 1. The lowest BCUT2D eigenvalue weighted by molar-refractivity contribution is -0.146. The summed E-state index contributed by atoms with van der Waals surface area (Å²) in [7, 11) is 0.958. The van der Waals surface area contributed by atoms with E-state index in [1.54, 1.807) is 21.3 Å². The van der Waals surface area contributed by atoms with Crippen LogP contribution in [0.4, 0.5) is 0 Å². The third-order valence-electron chi connectivity index (χ3n) is 9.18. The molecule has 7 amide bonds. The van der Waals surface area contributed by atoms with Gasteiger partial charge in [0.1, 0.15) is 91.2 Å². The van der Waals surface area contributed by atoms with Crippen LogP contribution in [-0.4, -0.2) is 254 Å². The third-order valence-corrected chi connectivity index (χ3v) is 9.18. The molecule has 0 aliphatic carbocycles. The van der Waals surface area contributed by atoms with Gasteiger partial charge in [0, 0.05) is 20.4 Å². The predicted molar refractivity (Wildman–Crippen MR) is 208 cm³/mol. The SMILES string of the molecule is CNC(=O)[C@@H](NC(=O)[C@H](CC(=O)O)NC(=O)[C@@H](NC(=O)[C@H](CC(=O)O)NC(=O)[C@@H](NC(=O)CC[C@H](NC(C)=O)C(=O)O)[C@@H](O)[C@H](O)[C@H](O)CO)[C@@H](O)[C@H](O)[C@H](O)CO)[C@@H](O)[C@H](O)[C@H](O)CO. The molecule has 0 saturated heterocycles. The number of hydrogen-bond donors (Lipinski definition) is 22. The first-order valence-corrected chi connectivity index (χ1v) is 19.2. The second-order valence-corrected chi connectivity index (χ2v) is 14.3. The van der Waals surface area contributed by atoms with E-state index in [-0.39, 0.29) is 0 Å². The highest BCUT2D eigenvalue weighted by Crippen LogP contribution is 2.12. The minimum absolute atomic E-state index is 0.664. The van der Waals surface area contributed by atoms with Crippen molar-refractivity contribution in [2.75, 3.05) is 26.9 Å². The monoisotopic (exact) mass is 963 g/mol. The normalized spacial score (nSPS) is 18.2. The average Bonchev–Trinajstić information content (AvgIpc) is 3.26. The Morgan fingerprint density at radius 3 is 1.05 bits per heavy atom. The summed E-state index contributed by atoms with van der Waals surface area (Å²) >= 11 is 0. The van der Waals surface area contributed by atoms with Crippen molar-refractivity contribution in [1.82, 2.24) is 37.2 Å². The van der Waals surface area contributed by atoms with Crippen LogP contribution in [0.15, 0.2) is 0 Å². The van der Waals surface area contributed by atoms with Crippen LogP contribution in [0.25, 0.3) is 0 Å². The lowest BCUT2D eigenvalue weighted by Gasteiger charge is -2.32. The first-order chi connectivity index (χ1) is 30.6. The maximum atomic E-state index is 13.7. The van der Waals surface area contributed by atoms with Crippen LogP contribution < -0.4 is 37.2 Å². The van der Waals surface area contributed by atoms with E-state index >= 15 is 0 Å². The Kier molecular flexibility index (Phi) is 26.4. The fourth-order valence-electron chi connectivity index (χ4n) is 5.49. The van der Waals surface area contributed by atoms with Gasteiger partial charge in [-0.05, 0) is 6.42 Å². The number of carboxylic acids is 3. The first-order valence-electron chi connectivity index (χ1n) is 19.2. The molecule has 66 heavy (non-hydrogen) atoms. The molecule has 0 bridgehead atoms. The van der Waals surface area contributed by atoms with Crippen molar-refractivity contribution < 1.29 is 125 Å². The van der Waals surface area contributed by atoms with E-state index in [2.05, 4.69) is 0 Å². The third kappa shape index (κ3) is 19.4. The highest BCUT2D eigenvalue weighted by molar-refractivity contribution is 5.98. The van der Waals surface area contributed by atoms with Gasteiger partial charge in [0.15, 0.2) is 0 Å². The Hall–Kier alpha value is -5.78. The molecule has 0 rings (SSSR count). The molecule has 0 radical (unpaired) electrons. The van der Waals surface area contributed by atoms with Crippen LogP contribution in [0.3, 0.4) is 0 Å². The van der Waals surface area contributed by atoms with E-state index in [9.17, 15) is 119 Å². The number of carbonyl (C=O) groups is 10. The molecule has 0 spiro atoms. The van der Waals surface area contributed by atoms with Crippen LogP contribution in [0.2, 0.25) is 0 Å². The molecular weight excluding hydrogens is 906 g/mol. The van der Waals surface area contributed by atoms with E-state index < -0.39 is 196 Å². The van der Waals surface area contributed by atoms with Crippen molar-refractivity contribution in [3.63, 3.8) is 0 Å². The molecular formula is C34H57N7O25. The molecule has 0 aromatic carbocycles. The fourth-order valence-corrected chi connectivity index (χ4v) is 5.49. The summed E-state index contributed by atoms with van der Waals surface area (Å²) < 4.78 is 0. The molecule has 0 aromatic rings. The van der Waals surface area contributed by atoms with E-state index in [1.165, 1.54) is 0 Å². The highest BCUT2D eigenvalue weighted by Gasteiger charge is 2.43. The average molecular weight is 964 g/mol. The molecule has 15 atom stereocenters. The molecule has 0 aliphatic heterocycles. The number of aliphatic carboxylic acids is 3. The zero-order chi connectivity index (χ0) is 51.3. The zero-order valence-electron chi connectivity index (χ0n) is 34.9. The fraction of sp³-hybridized carbons (Fsp3) is 0.706. The van der Waals surface area contributed by atoms with Gasteiger partial charge >= 0.3 is 17.9 Å². The maximum absolute atomic E-state index is 13.7. The molecule has 32 heteroatoms. The zero-order valence-corrected chi connectivity index (χ0v) is 34.9. The number of rotatable bonds is 31. The van der Waals surface area contributed by atoms with Crippen LogP contribution in [-0.2, 0) is 47.9 Å². The number of carboxylic acid groups (broad SMARTS) is 3. The molecule has 0 heterocycles. The quantitative estimate of drug-likeness (QED) is 0.0307. The second-order valence-electron chi connectivity index (χ2n) is 14.3. The smallest absolute Gasteiger partial charge is 0.326 e. The summed E-state index contributed by atoms with van der Waals surface area (Å²) in [6.45, 7) is -2.85. The van der Waals surface area contributed by atoms with Gasteiger partial charge in [0.2, 0.25) is 41.4 Å². The van der Waals surface area contributed by atoms with Crippen LogP contribution in [0.5, 0.6) is 0 Å². The van der Waals surface area contributed by atoms with Gasteiger partial charge in [-0.25, -0.2) is 4.79 Å². The number of carbonyl (C=O) groups excluding carboxylic acids is 7. The second kappa shape index (κ2) is 29.0. The molecule has 0 saturated carbocycles. The Morgan fingerprint density at radius 1 is 0.424 bits per heavy atom. The van der Waals surface area contributed by atoms with Crippen molar-refractivity contribution in [1.29, 1.82) is 0 Å². The Bertz CT molecular complexity index is 1690. The molecule has 0 aromatic heterocycles. The van der Waals surface area contributed by atoms with E-state index in [1.807, 2.05) is 16.0 Å². The maximum Gasteiger partial charge on any atom is 0.326 e. The summed E-state index contributed by atoms with van der Waals surface area (Å²) in [4.78, 5) is 126. The minimum atomic E-state index is -2.82. The summed E-state index contributed by atoms with van der Waals surface area (Å²) in [5, 5.41) is 161. The van der Waals surface area contributed by atoms with Crippen molar-refractivity contribution >= 4 is 59.3 Å². The molecule has 0 unspecified atom stereocenters. The standard InChI is InChI=1S/C34H57N7O25/c1-10(45)36-11(34(65)66)3-4-17(49)39-21(27(58)24(55)15(47)8-43)32(63)37-13(6-19(52)53)30(61)41-22(28(59)25(56)16(48)9-44)33(64)38-12(5-18(50)51)29(60)40-20(31(62)35-2)26(57)23(54)14(46)7-42/h11-16,20-28,42-44,46-48,54-59H,3-9H2,1-2H3,(H,35,62)(H,36,45)(H,37,63)(H,38,64)(H,39,49)(H,40,60)(H,41,61)(H,50,51)(H,52,53)(H,65,66)/t11-,12-,13-,14+,15+,16+,20-,21-,22-,23+,24+,25+,26+,27+,28+/m0/s1. The van der Waals surface area contributed by atoms with Crippen molar-refractivity contribution in [2.24, 2.45) is 0 Å². The van der Waals surface area contributed by atoms with E-state index in [0.29, 0.717) is 0 Å². The molecule has 0 aliphatic rings. The topological polar surface area (TPSA) is 558 Å². The van der Waals surface area contributed by atoms with Gasteiger partial charge in [-0.2, -0.15) is 0 Å². The Balaban J connectivity index is 7.07. The van der Waals surface area contributed by atoms with Crippen molar-refractivity contribution in [3.8, 4) is 0 Å². The lowest BCUT2D eigenvalue weighted by atomic mass is 9.98.